The van der Waals surface area contributed by atoms with E-state index in [0.29, 0.717) is 5.92 Å². The van der Waals surface area contributed by atoms with Gasteiger partial charge in [-0.25, -0.2) is 0 Å². The molecule has 0 radical (unpaired) electrons. The van der Waals surface area contributed by atoms with E-state index >= 15 is 0 Å². The molecule has 0 aromatic heterocycles. The zero-order valence-corrected chi connectivity index (χ0v) is 19.7. The van der Waals surface area contributed by atoms with Gasteiger partial charge in [-0.2, -0.15) is 0 Å². The number of nitrogens with zero attached hydrogens (tertiary/aromatic N) is 1. The average Bonchev–Trinajstić information content (AvgIpc) is 3.27. The van der Waals surface area contributed by atoms with Crippen LogP contribution >= 0.6 is 0 Å². The van der Waals surface area contributed by atoms with Crippen LogP contribution in [0.5, 0.6) is 0 Å². The second kappa shape index (κ2) is 13.6. The summed E-state index contributed by atoms with van der Waals surface area (Å²) in [5.41, 5.74) is 7.11. The van der Waals surface area contributed by atoms with Crippen molar-refractivity contribution in [3.05, 3.63) is 96.1 Å². The van der Waals surface area contributed by atoms with Gasteiger partial charge in [0.15, 0.2) is 0 Å². The quantitative estimate of drug-likeness (QED) is 0.273. The first-order valence-electron chi connectivity index (χ1n) is 11.0. The van der Waals surface area contributed by atoms with Gasteiger partial charge in [0.2, 0.25) is 0 Å². The molecule has 30 heavy (non-hydrogen) atoms. The first kappa shape index (κ1) is 25.4. The van der Waals surface area contributed by atoms with Gasteiger partial charge in [0.25, 0.3) is 0 Å². The minimum Gasteiger partial charge on any atom is -0.355 e. The number of allylic oxidation sites excluding steroid dienone is 11. The highest BCUT2D eigenvalue weighted by Crippen LogP contribution is 2.35. The molecule has 1 fully saturated rings. The maximum atomic E-state index is 4.95. The molecule has 0 heterocycles. The third-order valence-corrected chi connectivity index (χ3v) is 5.57. The van der Waals surface area contributed by atoms with Crippen LogP contribution in [0.15, 0.2) is 101 Å². The molecule has 0 unspecified atom stereocenters. The molecule has 0 aromatic rings. The summed E-state index contributed by atoms with van der Waals surface area (Å²) in [5.74, 6) is 0.594. The van der Waals surface area contributed by atoms with Crippen LogP contribution in [0.4, 0.5) is 0 Å². The predicted octanol–water partition coefficient (Wildman–Crippen LogP) is 8.13. The van der Waals surface area contributed by atoms with E-state index < -0.39 is 0 Å². The summed E-state index contributed by atoms with van der Waals surface area (Å²) in [5, 5.41) is 3.26. The zero-order chi connectivity index (χ0) is 22.5. The minimum absolute atomic E-state index is 0.594. The first-order valence-corrected chi connectivity index (χ1v) is 11.0. The summed E-state index contributed by atoms with van der Waals surface area (Å²) in [6, 6.07) is 0. The van der Waals surface area contributed by atoms with Crippen molar-refractivity contribution in [2.75, 3.05) is 0 Å². The highest BCUT2D eigenvalue weighted by molar-refractivity contribution is 5.98. The van der Waals surface area contributed by atoms with Gasteiger partial charge in [-0.3, -0.25) is 4.99 Å². The van der Waals surface area contributed by atoms with Gasteiger partial charge in [-0.15, -0.1) is 0 Å². The molecule has 1 saturated carbocycles. The lowest BCUT2D eigenvalue weighted by atomic mass is 9.91. The van der Waals surface area contributed by atoms with Crippen LogP contribution in [0.25, 0.3) is 0 Å². The van der Waals surface area contributed by atoms with E-state index in [0.717, 1.165) is 29.2 Å². The highest BCUT2D eigenvalue weighted by Gasteiger charge is 2.20. The Morgan fingerprint density at radius 1 is 1.00 bits per heavy atom. The van der Waals surface area contributed by atoms with Crippen LogP contribution in [0.1, 0.15) is 66.7 Å². The minimum atomic E-state index is 0.594. The fourth-order valence-electron chi connectivity index (χ4n) is 3.34. The molecule has 1 aliphatic carbocycles. The van der Waals surface area contributed by atoms with Crippen molar-refractivity contribution in [3.8, 4) is 0 Å². The lowest BCUT2D eigenvalue weighted by molar-refractivity contribution is 0.649. The fraction of sp³-hybridized carbons (Fsp3) is 0.393. The van der Waals surface area contributed by atoms with Crippen molar-refractivity contribution < 1.29 is 0 Å². The SMILES string of the molecule is C=C(/C=C\C(C)=C/C)NC(=C)C(C)=N/C(C/C=C\C=C/C)=C(/C)C(=C)C1CCCC1. The Bertz CT molecular complexity index is 804. The Morgan fingerprint density at radius 3 is 2.27 bits per heavy atom. The van der Waals surface area contributed by atoms with Gasteiger partial charge in [0.1, 0.15) is 0 Å². The number of aliphatic imine (C=N–C) groups is 1. The molecule has 0 bridgehead atoms. The summed E-state index contributed by atoms with van der Waals surface area (Å²) in [6.45, 7) is 22.9. The van der Waals surface area contributed by atoms with Gasteiger partial charge in [-0.05, 0) is 70.6 Å². The van der Waals surface area contributed by atoms with Crippen LogP contribution in [-0.4, -0.2) is 5.71 Å². The van der Waals surface area contributed by atoms with Gasteiger partial charge in [0, 0.05) is 17.8 Å². The number of hydrogen-bond acceptors (Lipinski definition) is 2. The lowest BCUT2D eigenvalue weighted by Crippen LogP contribution is -2.16. The average molecular weight is 405 g/mol. The Hall–Kier alpha value is -2.61. The maximum Gasteiger partial charge on any atom is 0.0604 e. The van der Waals surface area contributed by atoms with Crippen molar-refractivity contribution in [2.45, 2.75) is 66.7 Å². The molecule has 2 heteroatoms. The van der Waals surface area contributed by atoms with Crippen molar-refractivity contribution in [1.29, 1.82) is 0 Å². The van der Waals surface area contributed by atoms with E-state index in [1.54, 1.807) is 0 Å². The second-order valence-electron chi connectivity index (χ2n) is 7.93. The van der Waals surface area contributed by atoms with Crippen LogP contribution in [-0.2, 0) is 0 Å². The lowest BCUT2D eigenvalue weighted by Gasteiger charge is -2.17. The molecular weight excluding hydrogens is 364 g/mol. The van der Waals surface area contributed by atoms with Crippen LogP contribution < -0.4 is 5.32 Å². The molecule has 0 spiro atoms. The van der Waals surface area contributed by atoms with E-state index in [9.17, 15) is 0 Å². The molecule has 0 aliphatic heterocycles. The monoisotopic (exact) mass is 404 g/mol. The van der Waals surface area contributed by atoms with E-state index in [1.807, 2.05) is 45.1 Å². The van der Waals surface area contributed by atoms with Gasteiger partial charge >= 0.3 is 0 Å². The summed E-state index contributed by atoms with van der Waals surface area (Å²) in [7, 11) is 0. The van der Waals surface area contributed by atoms with E-state index in [4.69, 9.17) is 4.99 Å². The Morgan fingerprint density at radius 2 is 1.67 bits per heavy atom. The second-order valence-corrected chi connectivity index (χ2v) is 7.93. The summed E-state index contributed by atoms with van der Waals surface area (Å²) >= 11 is 0. The van der Waals surface area contributed by atoms with E-state index in [1.165, 1.54) is 42.4 Å². The molecule has 0 aromatic carbocycles. The number of nitrogens with one attached hydrogen (secondary N) is 1. The maximum absolute atomic E-state index is 4.95. The normalized spacial score (nSPS) is 17.2. The molecule has 0 amide bonds. The number of rotatable bonds is 11. The summed E-state index contributed by atoms with van der Waals surface area (Å²) in [6.07, 6.45) is 20.2. The summed E-state index contributed by atoms with van der Waals surface area (Å²) < 4.78 is 0. The van der Waals surface area contributed by atoms with E-state index in [2.05, 4.69) is 57.1 Å². The molecule has 1 rings (SSSR count). The Balaban J connectivity index is 3.04. The van der Waals surface area contributed by atoms with Crippen LogP contribution in [0.3, 0.4) is 0 Å². The van der Waals surface area contributed by atoms with Crippen LogP contribution in [0.2, 0.25) is 0 Å². The number of hydrogen-bond donors (Lipinski definition) is 1. The van der Waals surface area contributed by atoms with Gasteiger partial charge in [-0.1, -0.05) is 74.6 Å². The van der Waals surface area contributed by atoms with E-state index in [-0.39, 0.29) is 0 Å². The first-order chi connectivity index (χ1) is 14.3. The molecule has 0 saturated heterocycles. The summed E-state index contributed by atoms with van der Waals surface area (Å²) in [4.78, 5) is 4.95. The topological polar surface area (TPSA) is 24.4 Å². The van der Waals surface area contributed by atoms with Gasteiger partial charge in [0.05, 0.1) is 11.4 Å². The molecule has 1 N–H and O–H groups in total. The van der Waals surface area contributed by atoms with Crippen molar-refractivity contribution in [2.24, 2.45) is 10.9 Å². The Kier molecular flexibility index (Phi) is 11.5. The third kappa shape index (κ3) is 8.82. The van der Waals surface area contributed by atoms with Crippen LogP contribution in [0, 0.1) is 5.92 Å². The smallest absolute Gasteiger partial charge is 0.0604 e. The van der Waals surface area contributed by atoms with Crippen molar-refractivity contribution >= 4 is 5.71 Å². The molecular formula is C28H40N2. The largest absolute Gasteiger partial charge is 0.355 e. The zero-order valence-electron chi connectivity index (χ0n) is 19.7. The molecule has 0 atom stereocenters. The molecule has 1 aliphatic rings. The fourth-order valence-corrected chi connectivity index (χ4v) is 3.34. The Labute approximate surface area is 185 Å². The molecule has 2 nitrogen and oxygen atoms in total. The van der Waals surface area contributed by atoms with Crippen molar-refractivity contribution in [3.63, 3.8) is 0 Å². The predicted molar refractivity (Wildman–Crippen MR) is 135 cm³/mol. The van der Waals surface area contributed by atoms with Gasteiger partial charge < -0.3 is 5.32 Å². The standard InChI is InChI=1S/C28H40N2/c1-9-11-12-13-18-28(24(6)23(5)27-16-14-15-17-27)30-26(8)25(7)29-22(4)20-19-21(3)10-2/h9-13,19-20,27,29H,4-5,7,14-18H2,1-3,6,8H3/b11-9-,13-12-,20-19-,21-10-,28-24-,30-26?. The third-order valence-electron chi connectivity index (χ3n) is 5.57. The highest BCUT2D eigenvalue weighted by atomic mass is 14.9. The van der Waals surface area contributed by atoms with Crippen molar-refractivity contribution in [1.82, 2.24) is 5.32 Å². The molecule has 162 valence electrons.